The summed E-state index contributed by atoms with van der Waals surface area (Å²) in [6, 6.07) is 19.0. The monoisotopic (exact) mass is 420 g/mol. The fraction of sp³-hybridized carbons (Fsp3) is 0.280. The molecule has 3 aromatic rings. The van der Waals surface area contributed by atoms with Crippen molar-refractivity contribution in [2.24, 2.45) is 0 Å². The Balaban J connectivity index is 1.39. The second-order valence-electron chi connectivity index (χ2n) is 7.03. The summed E-state index contributed by atoms with van der Waals surface area (Å²) < 4.78 is 17.0. The number of aromatic nitrogens is 1. The Kier molecular flexibility index (Phi) is 8.29. The SMILES string of the molecule is CCOc1ccccc1Oc1ccc(CNC(=O)CCCOc2cccc(C)c2)cn1. The van der Waals surface area contributed by atoms with Crippen molar-refractivity contribution in [3.63, 3.8) is 0 Å². The summed E-state index contributed by atoms with van der Waals surface area (Å²) in [6.07, 6.45) is 2.76. The van der Waals surface area contributed by atoms with Crippen molar-refractivity contribution in [2.45, 2.75) is 33.2 Å². The van der Waals surface area contributed by atoms with Crippen molar-refractivity contribution >= 4 is 5.91 Å². The van der Waals surface area contributed by atoms with Gasteiger partial charge in [-0.15, -0.1) is 0 Å². The molecule has 162 valence electrons. The first-order valence-electron chi connectivity index (χ1n) is 10.4. The molecule has 0 aliphatic carbocycles. The molecule has 0 saturated heterocycles. The number of nitrogens with zero attached hydrogens (tertiary/aromatic N) is 1. The molecule has 0 bridgehead atoms. The second-order valence-corrected chi connectivity index (χ2v) is 7.03. The van der Waals surface area contributed by atoms with Gasteiger partial charge in [-0.2, -0.15) is 0 Å². The highest BCUT2D eigenvalue weighted by Gasteiger charge is 2.07. The van der Waals surface area contributed by atoms with Gasteiger partial charge in [0.25, 0.3) is 0 Å². The molecule has 3 rings (SSSR count). The number of pyridine rings is 1. The van der Waals surface area contributed by atoms with Gasteiger partial charge >= 0.3 is 0 Å². The summed E-state index contributed by atoms with van der Waals surface area (Å²) in [5.74, 6) is 2.58. The lowest BCUT2D eigenvalue weighted by molar-refractivity contribution is -0.121. The van der Waals surface area contributed by atoms with Gasteiger partial charge in [-0.1, -0.05) is 30.3 Å². The molecule has 1 amide bonds. The minimum atomic E-state index is -0.0150. The highest BCUT2D eigenvalue weighted by atomic mass is 16.5. The number of nitrogens with one attached hydrogen (secondary N) is 1. The van der Waals surface area contributed by atoms with E-state index in [0.717, 1.165) is 16.9 Å². The predicted molar refractivity (Wildman–Crippen MR) is 120 cm³/mol. The average molecular weight is 421 g/mol. The minimum Gasteiger partial charge on any atom is -0.494 e. The molecular formula is C25H28N2O4. The first-order valence-corrected chi connectivity index (χ1v) is 10.4. The standard InChI is InChI=1S/C25H28N2O4/c1-3-29-22-10-4-5-11-23(22)31-25-14-13-20(18-27-25)17-26-24(28)12-7-15-30-21-9-6-8-19(2)16-21/h4-6,8-11,13-14,16,18H,3,7,12,15,17H2,1-2H3,(H,26,28). The van der Waals surface area contributed by atoms with E-state index in [1.54, 1.807) is 12.3 Å². The quantitative estimate of drug-likeness (QED) is 0.439. The number of amides is 1. The van der Waals surface area contributed by atoms with Crippen molar-refractivity contribution < 1.29 is 19.0 Å². The molecule has 31 heavy (non-hydrogen) atoms. The number of carbonyl (C=O) groups is 1. The summed E-state index contributed by atoms with van der Waals surface area (Å²) >= 11 is 0. The van der Waals surface area contributed by atoms with Gasteiger partial charge in [-0.25, -0.2) is 4.98 Å². The zero-order valence-corrected chi connectivity index (χ0v) is 18.0. The van der Waals surface area contributed by atoms with Crippen LogP contribution in [0.25, 0.3) is 0 Å². The van der Waals surface area contributed by atoms with Gasteiger partial charge < -0.3 is 19.5 Å². The molecule has 0 aliphatic rings. The van der Waals surface area contributed by atoms with Crippen LogP contribution in [-0.2, 0) is 11.3 Å². The smallest absolute Gasteiger partial charge is 0.220 e. The van der Waals surface area contributed by atoms with Gasteiger partial charge in [-0.05, 0) is 55.7 Å². The van der Waals surface area contributed by atoms with Gasteiger partial charge in [0.1, 0.15) is 5.75 Å². The van der Waals surface area contributed by atoms with Gasteiger partial charge in [0.15, 0.2) is 11.5 Å². The van der Waals surface area contributed by atoms with E-state index in [2.05, 4.69) is 10.3 Å². The molecule has 1 N–H and O–H groups in total. The maximum atomic E-state index is 12.1. The lowest BCUT2D eigenvalue weighted by Gasteiger charge is -2.11. The number of ether oxygens (including phenoxy) is 3. The fourth-order valence-corrected chi connectivity index (χ4v) is 2.91. The van der Waals surface area contributed by atoms with Crippen molar-refractivity contribution in [3.05, 3.63) is 78.0 Å². The fourth-order valence-electron chi connectivity index (χ4n) is 2.91. The molecule has 6 heteroatoms. The van der Waals surface area contributed by atoms with Crippen LogP contribution >= 0.6 is 0 Å². The molecule has 0 spiro atoms. The number of hydrogen-bond acceptors (Lipinski definition) is 5. The summed E-state index contributed by atoms with van der Waals surface area (Å²) in [5, 5.41) is 2.91. The predicted octanol–water partition coefficient (Wildman–Crippen LogP) is 5.06. The summed E-state index contributed by atoms with van der Waals surface area (Å²) in [5.41, 5.74) is 2.05. The van der Waals surface area contributed by atoms with E-state index in [0.29, 0.717) is 50.0 Å². The van der Waals surface area contributed by atoms with Gasteiger partial charge in [-0.3, -0.25) is 4.79 Å². The van der Waals surface area contributed by atoms with E-state index in [4.69, 9.17) is 14.2 Å². The third kappa shape index (κ3) is 7.33. The first kappa shape index (κ1) is 22.2. The lowest BCUT2D eigenvalue weighted by atomic mass is 10.2. The van der Waals surface area contributed by atoms with Crippen LogP contribution in [0.1, 0.15) is 30.9 Å². The number of para-hydroxylation sites is 2. The van der Waals surface area contributed by atoms with Gasteiger partial charge in [0.05, 0.1) is 13.2 Å². The van der Waals surface area contributed by atoms with Crippen LogP contribution in [0.2, 0.25) is 0 Å². The number of benzene rings is 2. The highest BCUT2D eigenvalue weighted by Crippen LogP contribution is 2.30. The molecule has 0 aliphatic heterocycles. The van der Waals surface area contributed by atoms with E-state index in [-0.39, 0.29) is 5.91 Å². The summed E-state index contributed by atoms with van der Waals surface area (Å²) in [6.45, 7) is 5.43. The molecule has 0 radical (unpaired) electrons. The third-order valence-corrected chi connectivity index (χ3v) is 4.46. The molecular weight excluding hydrogens is 392 g/mol. The first-order chi connectivity index (χ1) is 15.1. The van der Waals surface area contributed by atoms with Crippen LogP contribution in [-0.4, -0.2) is 24.1 Å². The zero-order valence-electron chi connectivity index (χ0n) is 18.0. The minimum absolute atomic E-state index is 0.0150. The number of rotatable bonds is 11. The summed E-state index contributed by atoms with van der Waals surface area (Å²) in [7, 11) is 0. The average Bonchev–Trinajstić information content (AvgIpc) is 2.78. The zero-order chi connectivity index (χ0) is 21.9. The van der Waals surface area contributed by atoms with Gasteiger partial charge in [0.2, 0.25) is 11.8 Å². The Morgan fingerprint density at radius 2 is 1.84 bits per heavy atom. The molecule has 1 aromatic heterocycles. The Morgan fingerprint density at radius 3 is 2.58 bits per heavy atom. The lowest BCUT2D eigenvalue weighted by Crippen LogP contribution is -2.23. The number of carbonyl (C=O) groups excluding carboxylic acids is 1. The Hall–Kier alpha value is -3.54. The van der Waals surface area contributed by atoms with E-state index in [9.17, 15) is 4.79 Å². The third-order valence-electron chi connectivity index (χ3n) is 4.46. The Bertz CT molecular complexity index is 973. The van der Waals surface area contributed by atoms with Crippen LogP contribution in [0.5, 0.6) is 23.1 Å². The van der Waals surface area contributed by atoms with Crippen LogP contribution < -0.4 is 19.5 Å². The Morgan fingerprint density at radius 1 is 1.00 bits per heavy atom. The number of hydrogen-bond donors (Lipinski definition) is 1. The molecule has 6 nitrogen and oxygen atoms in total. The largest absolute Gasteiger partial charge is 0.494 e. The van der Waals surface area contributed by atoms with Crippen molar-refractivity contribution in [1.82, 2.24) is 10.3 Å². The molecule has 1 heterocycles. The van der Waals surface area contributed by atoms with E-state index >= 15 is 0 Å². The van der Waals surface area contributed by atoms with Crippen molar-refractivity contribution in [3.8, 4) is 23.1 Å². The topological polar surface area (TPSA) is 69.7 Å². The van der Waals surface area contributed by atoms with E-state index < -0.39 is 0 Å². The normalized spacial score (nSPS) is 10.4. The second kappa shape index (κ2) is 11.6. The molecule has 2 aromatic carbocycles. The van der Waals surface area contributed by atoms with Gasteiger partial charge in [0, 0.05) is 25.2 Å². The van der Waals surface area contributed by atoms with Crippen LogP contribution in [0.15, 0.2) is 66.9 Å². The Labute approximate surface area is 183 Å². The highest BCUT2D eigenvalue weighted by molar-refractivity contribution is 5.75. The van der Waals surface area contributed by atoms with Crippen LogP contribution in [0.3, 0.4) is 0 Å². The maximum Gasteiger partial charge on any atom is 0.220 e. The van der Waals surface area contributed by atoms with Crippen molar-refractivity contribution in [1.29, 1.82) is 0 Å². The van der Waals surface area contributed by atoms with E-state index in [1.807, 2.05) is 68.4 Å². The molecule has 0 fully saturated rings. The maximum absolute atomic E-state index is 12.1. The number of aryl methyl sites for hydroxylation is 1. The van der Waals surface area contributed by atoms with E-state index in [1.165, 1.54) is 0 Å². The summed E-state index contributed by atoms with van der Waals surface area (Å²) in [4.78, 5) is 16.4. The molecule has 0 saturated carbocycles. The van der Waals surface area contributed by atoms with Crippen LogP contribution in [0, 0.1) is 6.92 Å². The molecule has 0 unspecified atom stereocenters. The van der Waals surface area contributed by atoms with Crippen molar-refractivity contribution in [2.75, 3.05) is 13.2 Å². The van der Waals surface area contributed by atoms with Crippen LogP contribution in [0.4, 0.5) is 0 Å². The molecule has 0 atom stereocenters.